The summed E-state index contributed by atoms with van der Waals surface area (Å²) in [7, 11) is 0. The molecule has 3 aromatic heterocycles. The van der Waals surface area contributed by atoms with Crippen molar-refractivity contribution in [1.29, 1.82) is 0 Å². The van der Waals surface area contributed by atoms with Gasteiger partial charge in [-0.15, -0.1) is 5.10 Å². The van der Waals surface area contributed by atoms with Gasteiger partial charge in [0.15, 0.2) is 5.65 Å². The molecule has 0 radical (unpaired) electrons. The molecule has 5 rings (SSSR count). The highest BCUT2D eigenvalue weighted by molar-refractivity contribution is 5.81. The summed E-state index contributed by atoms with van der Waals surface area (Å²) in [5.41, 5.74) is 4.02. The van der Waals surface area contributed by atoms with E-state index in [0.717, 1.165) is 30.2 Å². The van der Waals surface area contributed by atoms with E-state index in [1.54, 1.807) is 18.2 Å². The molecule has 3 N–H and O–H groups in total. The Morgan fingerprint density at radius 3 is 2.66 bits per heavy atom. The number of halogens is 3. The highest BCUT2D eigenvalue weighted by atomic mass is 19.4. The lowest BCUT2D eigenvalue weighted by molar-refractivity contribution is -0.140. The summed E-state index contributed by atoms with van der Waals surface area (Å²) < 4.78 is 48.4. The Morgan fingerprint density at radius 2 is 1.94 bits per heavy atom. The van der Waals surface area contributed by atoms with Gasteiger partial charge in [-0.2, -0.15) is 17.7 Å². The van der Waals surface area contributed by atoms with Gasteiger partial charge in [0.1, 0.15) is 11.3 Å². The number of H-pyrrole nitrogens is 1. The fraction of sp³-hybridized carbons (Fsp3) is 0.391. The van der Waals surface area contributed by atoms with E-state index in [-0.39, 0.29) is 46.0 Å². The number of rotatable bonds is 5. The molecule has 9 nitrogen and oxygen atoms in total. The number of alkyl halides is 3. The maximum atomic E-state index is 13.9. The van der Waals surface area contributed by atoms with E-state index < -0.39 is 17.4 Å². The maximum Gasteiger partial charge on any atom is 0.433 e. The fourth-order valence-corrected chi connectivity index (χ4v) is 4.69. The van der Waals surface area contributed by atoms with Crippen LogP contribution in [0.5, 0.6) is 0 Å². The van der Waals surface area contributed by atoms with Crippen LogP contribution >= 0.6 is 0 Å². The van der Waals surface area contributed by atoms with Crippen LogP contribution in [0.25, 0.3) is 28.2 Å². The smallest absolute Gasteiger partial charge is 0.403 e. The van der Waals surface area contributed by atoms with Crippen molar-refractivity contribution in [1.82, 2.24) is 24.8 Å². The van der Waals surface area contributed by atoms with E-state index in [1.807, 2.05) is 4.90 Å². The van der Waals surface area contributed by atoms with Crippen LogP contribution in [-0.4, -0.2) is 43.9 Å². The molecular weight excluding hydrogens is 463 g/mol. The number of aryl methyl sites for hydroxylation is 1. The summed E-state index contributed by atoms with van der Waals surface area (Å²) in [5, 5.41) is 10.4. The summed E-state index contributed by atoms with van der Waals surface area (Å²) in [5.74, 6) is -0.0918. The zero-order valence-electron chi connectivity index (χ0n) is 19.0. The zero-order chi connectivity index (χ0) is 24.7. The molecule has 184 valence electrons. The first kappa shape index (κ1) is 23.1. The van der Waals surface area contributed by atoms with Crippen LogP contribution in [0.3, 0.4) is 0 Å². The number of nitrogens with two attached hydrogens (primary N) is 1. The first-order chi connectivity index (χ1) is 16.8. The maximum absolute atomic E-state index is 13.9. The Morgan fingerprint density at radius 1 is 1.17 bits per heavy atom. The van der Waals surface area contributed by atoms with Gasteiger partial charge in [0.2, 0.25) is 0 Å². The predicted molar refractivity (Wildman–Crippen MR) is 123 cm³/mol. The quantitative estimate of drug-likeness (QED) is 0.440. The van der Waals surface area contributed by atoms with Crippen molar-refractivity contribution in [2.45, 2.75) is 44.8 Å². The van der Waals surface area contributed by atoms with Gasteiger partial charge < -0.3 is 15.1 Å². The third-order valence-corrected chi connectivity index (χ3v) is 6.31. The van der Waals surface area contributed by atoms with Gasteiger partial charge in [0, 0.05) is 12.6 Å². The van der Waals surface area contributed by atoms with Gasteiger partial charge in [0.05, 0.1) is 11.3 Å². The van der Waals surface area contributed by atoms with E-state index in [1.165, 1.54) is 19.1 Å². The Bertz CT molecular complexity index is 1410. The number of aromatic amines is 1. The molecule has 1 aliphatic rings. The number of nitrogens with one attached hydrogen (secondary N) is 1. The fourth-order valence-electron chi connectivity index (χ4n) is 4.69. The van der Waals surface area contributed by atoms with Gasteiger partial charge in [0.25, 0.3) is 11.4 Å². The molecule has 4 aromatic rings. The number of hydrogen-bond acceptors (Lipinski definition) is 7. The number of benzene rings is 1. The molecular formula is C23H24F3N7O2. The lowest BCUT2D eigenvalue weighted by Crippen LogP contribution is -2.41. The number of aromatic nitrogens is 5. The summed E-state index contributed by atoms with van der Waals surface area (Å²) in [6.45, 7) is 2.77. The van der Waals surface area contributed by atoms with Crippen LogP contribution < -0.4 is 16.2 Å². The highest BCUT2D eigenvalue weighted by Crippen LogP contribution is 2.38. The Hall–Kier alpha value is -3.67. The van der Waals surface area contributed by atoms with Crippen molar-refractivity contribution in [3.63, 3.8) is 0 Å². The van der Waals surface area contributed by atoms with Crippen LogP contribution in [-0.2, 0) is 6.18 Å². The van der Waals surface area contributed by atoms with Gasteiger partial charge in [-0.05, 0) is 44.7 Å². The Kier molecular flexibility index (Phi) is 5.83. The van der Waals surface area contributed by atoms with E-state index >= 15 is 0 Å². The lowest BCUT2D eigenvalue weighted by Gasteiger charge is -2.34. The van der Waals surface area contributed by atoms with Crippen LogP contribution in [0.1, 0.15) is 37.1 Å². The topological polar surface area (TPSA) is 118 Å². The van der Waals surface area contributed by atoms with Crippen molar-refractivity contribution in [3.05, 3.63) is 52.1 Å². The van der Waals surface area contributed by atoms with E-state index in [4.69, 9.17) is 10.2 Å². The normalized spacial score (nSPS) is 16.8. The van der Waals surface area contributed by atoms with Crippen LogP contribution in [0.2, 0.25) is 0 Å². The molecule has 0 saturated carbocycles. The lowest BCUT2D eigenvalue weighted by atomic mass is 10.00. The molecule has 0 aliphatic carbocycles. The first-order valence-corrected chi connectivity index (χ1v) is 11.4. The van der Waals surface area contributed by atoms with Gasteiger partial charge >= 0.3 is 12.2 Å². The molecule has 1 aromatic carbocycles. The van der Waals surface area contributed by atoms with Crippen LogP contribution in [0, 0.1) is 6.92 Å². The molecule has 1 aliphatic heterocycles. The van der Waals surface area contributed by atoms with Crippen LogP contribution in [0.4, 0.5) is 19.2 Å². The van der Waals surface area contributed by atoms with Crippen molar-refractivity contribution in [2.75, 3.05) is 18.0 Å². The van der Waals surface area contributed by atoms with E-state index in [9.17, 15) is 18.0 Å². The summed E-state index contributed by atoms with van der Waals surface area (Å²) >= 11 is 0. The van der Waals surface area contributed by atoms with E-state index in [2.05, 4.69) is 20.3 Å². The molecule has 0 bridgehead atoms. The van der Waals surface area contributed by atoms with Crippen molar-refractivity contribution >= 4 is 11.7 Å². The minimum Gasteiger partial charge on any atom is -0.403 e. The standard InChI is InChI=1S/C23H24F3N7O2/c1-13-16(20-29-30-22(35-20)32-12-6-5-9-15(32)10-11-27)21(34)33-19(28-13)17(14-7-3-2-4-8-14)18(31-33)23(24,25)26/h2-4,7-8,15,31H,5-6,9-12,27H2,1H3. The SMILES string of the molecule is Cc1nc2c(-c3ccccc3)c(C(F)(F)F)[nH]n2c(=O)c1-c1nnc(N2CCCCC2CCN)o1. The summed E-state index contributed by atoms with van der Waals surface area (Å²) in [6, 6.07) is 8.42. The minimum atomic E-state index is -4.73. The molecule has 1 unspecified atom stereocenters. The van der Waals surface area contributed by atoms with Gasteiger partial charge in [-0.3, -0.25) is 9.89 Å². The number of hydrogen-bond donors (Lipinski definition) is 2. The Balaban J connectivity index is 1.64. The molecule has 4 heterocycles. The second-order valence-corrected chi connectivity index (χ2v) is 8.57. The zero-order valence-corrected chi connectivity index (χ0v) is 19.0. The molecule has 0 amide bonds. The third-order valence-electron chi connectivity index (χ3n) is 6.31. The molecule has 1 atom stereocenters. The number of anilines is 1. The summed E-state index contributed by atoms with van der Waals surface area (Å²) in [4.78, 5) is 19.7. The molecule has 35 heavy (non-hydrogen) atoms. The molecule has 1 saturated heterocycles. The molecule has 0 spiro atoms. The van der Waals surface area contributed by atoms with Gasteiger partial charge in [-0.25, -0.2) is 4.98 Å². The second kappa shape index (κ2) is 8.84. The predicted octanol–water partition coefficient (Wildman–Crippen LogP) is 3.77. The minimum absolute atomic E-state index is 0.0526. The number of fused-ring (bicyclic) bond motifs is 1. The average Bonchev–Trinajstić information content (AvgIpc) is 3.46. The first-order valence-electron chi connectivity index (χ1n) is 11.4. The van der Waals surface area contributed by atoms with Crippen molar-refractivity contribution < 1.29 is 17.6 Å². The van der Waals surface area contributed by atoms with Crippen LogP contribution in [0.15, 0.2) is 39.5 Å². The average molecular weight is 487 g/mol. The molecule has 1 fully saturated rings. The van der Waals surface area contributed by atoms with Gasteiger partial charge in [-0.1, -0.05) is 35.4 Å². The number of nitrogens with zero attached hydrogens (tertiary/aromatic N) is 5. The van der Waals surface area contributed by atoms with E-state index in [0.29, 0.717) is 13.1 Å². The largest absolute Gasteiger partial charge is 0.433 e. The monoisotopic (exact) mass is 487 g/mol. The second-order valence-electron chi connectivity index (χ2n) is 8.57. The Labute approximate surface area is 197 Å². The summed E-state index contributed by atoms with van der Waals surface area (Å²) in [6.07, 6.45) is -1.00. The van der Waals surface area contributed by atoms with Crippen molar-refractivity contribution in [2.24, 2.45) is 5.73 Å². The van der Waals surface area contributed by atoms with Crippen molar-refractivity contribution in [3.8, 4) is 22.6 Å². The molecule has 12 heteroatoms. The number of piperidine rings is 1. The highest BCUT2D eigenvalue weighted by Gasteiger charge is 2.38. The third kappa shape index (κ3) is 4.07.